The smallest absolute Gasteiger partial charge is 0.192 e. The number of benzene rings is 1. The van der Waals surface area contributed by atoms with Gasteiger partial charge in [0.25, 0.3) is 0 Å². The van der Waals surface area contributed by atoms with Crippen molar-refractivity contribution in [2.75, 3.05) is 26.0 Å². The Balaban J connectivity index is 1.53. The molecule has 1 aliphatic heterocycles. The first-order valence-electron chi connectivity index (χ1n) is 9.47. The lowest BCUT2D eigenvalue weighted by atomic mass is 10.1. The summed E-state index contributed by atoms with van der Waals surface area (Å²) in [6.07, 6.45) is 2.84. The summed E-state index contributed by atoms with van der Waals surface area (Å²) in [6, 6.07) is 12.5. The lowest BCUT2D eigenvalue weighted by Crippen LogP contribution is -2.32. The molecule has 0 unspecified atom stereocenters. The molecule has 0 spiro atoms. The summed E-state index contributed by atoms with van der Waals surface area (Å²) in [5, 5.41) is 19.6. The summed E-state index contributed by atoms with van der Waals surface area (Å²) in [6.45, 7) is 3.92. The number of aliphatic hydroxyl groups excluding tert-OH is 1. The third kappa shape index (κ3) is 5.54. The van der Waals surface area contributed by atoms with E-state index in [1.165, 1.54) is 12.3 Å². The van der Waals surface area contributed by atoms with Crippen LogP contribution in [0, 0.1) is 17.2 Å². The van der Waals surface area contributed by atoms with E-state index in [1.807, 2.05) is 6.07 Å². The van der Waals surface area contributed by atoms with E-state index >= 15 is 0 Å². The molecule has 3 atom stereocenters. The van der Waals surface area contributed by atoms with Crippen molar-refractivity contribution in [3.63, 3.8) is 0 Å². The van der Waals surface area contributed by atoms with Crippen LogP contribution in [0.2, 0.25) is 0 Å². The molecular formula is C21H25N3O4S. The molecule has 8 heteroatoms. The Bertz CT molecular complexity index is 986. The molecule has 3 rings (SSSR count). The molecule has 154 valence electrons. The predicted octanol–water partition coefficient (Wildman–Crippen LogP) is 2.18. The Morgan fingerprint density at radius 1 is 1.38 bits per heavy atom. The Morgan fingerprint density at radius 3 is 2.83 bits per heavy atom. The van der Waals surface area contributed by atoms with Crippen LogP contribution in [0.4, 0.5) is 0 Å². The second-order valence-electron chi connectivity index (χ2n) is 7.57. The van der Waals surface area contributed by atoms with Gasteiger partial charge in [-0.25, -0.2) is 13.4 Å². The summed E-state index contributed by atoms with van der Waals surface area (Å²) < 4.78 is 28.7. The molecule has 1 saturated heterocycles. The first-order valence-corrected chi connectivity index (χ1v) is 11.4. The summed E-state index contributed by atoms with van der Waals surface area (Å²) >= 11 is 0. The van der Waals surface area contributed by atoms with Crippen molar-refractivity contribution in [3.05, 3.63) is 53.7 Å². The Morgan fingerprint density at radius 2 is 2.17 bits per heavy atom. The van der Waals surface area contributed by atoms with Crippen LogP contribution < -0.4 is 4.74 Å². The van der Waals surface area contributed by atoms with Crippen molar-refractivity contribution in [2.24, 2.45) is 5.92 Å². The lowest BCUT2D eigenvalue weighted by Gasteiger charge is -2.24. The number of aliphatic hydroxyl groups is 1. The topological polar surface area (TPSA) is 104 Å². The van der Waals surface area contributed by atoms with Gasteiger partial charge in [0, 0.05) is 31.3 Å². The molecule has 1 aromatic carbocycles. The fraction of sp³-hybridized carbons (Fsp3) is 0.429. The van der Waals surface area contributed by atoms with Crippen molar-refractivity contribution in [1.29, 1.82) is 5.26 Å². The van der Waals surface area contributed by atoms with Gasteiger partial charge in [-0.15, -0.1) is 0 Å². The van der Waals surface area contributed by atoms with Crippen LogP contribution in [0.1, 0.15) is 30.6 Å². The zero-order valence-corrected chi connectivity index (χ0v) is 17.3. The molecular weight excluding hydrogens is 390 g/mol. The van der Waals surface area contributed by atoms with E-state index in [0.29, 0.717) is 36.4 Å². The van der Waals surface area contributed by atoms with Gasteiger partial charge in [0.2, 0.25) is 0 Å². The van der Waals surface area contributed by atoms with Crippen molar-refractivity contribution in [1.82, 2.24) is 9.88 Å². The Labute approximate surface area is 171 Å². The second kappa shape index (κ2) is 8.91. The number of hydrogen-bond acceptors (Lipinski definition) is 7. The van der Waals surface area contributed by atoms with Gasteiger partial charge in [-0.3, -0.25) is 4.90 Å². The van der Waals surface area contributed by atoms with E-state index in [4.69, 9.17) is 10.00 Å². The Kier molecular flexibility index (Phi) is 6.52. The number of rotatable bonds is 7. The number of nitriles is 1. The molecule has 2 aromatic rings. The normalized spacial score (nSPS) is 20.9. The number of sulfone groups is 1. The number of hydrogen-bond donors (Lipinski definition) is 1. The van der Waals surface area contributed by atoms with Crippen LogP contribution in [0.3, 0.4) is 0 Å². The van der Waals surface area contributed by atoms with Gasteiger partial charge < -0.3 is 9.84 Å². The van der Waals surface area contributed by atoms with Crippen molar-refractivity contribution < 1.29 is 18.3 Å². The minimum atomic E-state index is -3.32. The van der Waals surface area contributed by atoms with Gasteiger partial charge in [0.1, 0.15) is 5.75 Å². The minimum Gasteiger partial charge on any atom is -0.492 e. The average molecular weight is 416 g/mol. The summed E-state index contributed by atoms with van der Waals surface area (Å²) in [4.78, 5) is 6.16. The highest BCUT2D eigenvalue weighted by Gasteiger charge is 2.31. The van der Waals surface area contributed by atoms with Crippen molar-refractivity contribution >= 4 is 9.84 Å². The minimum absolute atomic E-state index is 0.0277. The molecule has 0 bridgehead atoms. The third-order valence-electron chi connectivity index (χ3n) is 5.17. The SMILES string of the molecule is C[C@@H]1C[C@H](COc2ccc(S(C)(=O)=O)nc2)CN1C[C@H](O)c1cccc(C#N)c1. The zero-order valence-electron chi connectivity index (χ0n) is 16.5. The quantitative estimate of drug-likeness (QED) is 0.739. The maximum Gasteiger partial charge on any atom is 0.192 e. The largest absolute Gasteiger partial charge is 0.492 e. The average Bonchev–Trinajstić information content (AvgIpc) is 3.05. The van der Waals surface area contributed by atoms with E-state index in [-0.39, 0.29) is 5.03 Å². The highest BCUT2D eigenvalue weighted by Crippen LogP contribution is 2.27. The number of nitrogens with zero attached hydrogens (tertiary/aromatic N) is 3. The highest BCUT2D eigenvalue weighted by molar-refractivity contribution is 7.90. The van der Waals surface area contributed by atoms with E-state index in [1.54, 1.807) is 24.3 Å². The van der Waals surface area contributed by atoms with Crippen LogP contribution >= 0.6 is 0 Å². The molecule has 29 heavy (non-hydrogen) atoms. The van der Waals surface area contributed by atoms with Crippen LogP contribution in [0.15, 0.2) is 47.6 Å². The first kappa shape index (κ1) is 21.2. The second-order valence-corrected chi connectivity index (χ2v) is 9.54. The maximum absolute atomic E-state index is 11.5. The fourth-order valence-corrected chi connectivity index (χ4v) is 4.18. The summed E-state index contributed by atoms with van der Waals surface area (Å²) in [5.74, 6) is 0.842. The molecule has 1 N–H and O–H groups in total. The monoisotopic (exact) mass is 415 g/mol. The molecule has 0 radical (unpaired) electrons. The van der Waals surface area contributed by atoms with Gasteiger partial charge in [0.15, 0.2) is 14.9 Å². The third-order valence-corrected chi connectivity index (χ3v) is 6.17. The zero-order chi connectivity index (χ0) is 21.0. The van der Waals surface area contributed by atoms with Crippen LogP contribution in [-0.4, -0.2) is 55.4 Å². The molecule has 0 aliphatic carbocycles. The first-order chi connectivity index (χ1) is 13.8. The Hall–Kier alpha value is -2.47. The molecule has 0 amide bonds. The number of pyridine rings is 1. The maximum atomic E-state index is 11.5. The lowest BCUT2D eigenvalue weighted by molar-refractivity contribution is 0.107. The standard InChI is InChI=1S/C21H25N3O4S/c1-15-8-17(14-28-19-6-7-21(23-11-19)29(2,26)27)12-24(15)13-20(25)18-5-3-4-16(9-18)10-22/h3-7,9,11,15,17,20,25H,8,12-14H2,1-2H3/t15-,17+,20+/m1/s1. The summed E-state index contributed by atoms with van der Waals surface area (Å²) in [5.41, 5.74) is 1.28. The molecule has 2 heterocycles. The molecule has 1 aromatic heterocycles. The fourth-order valence-electron chi connectivity index (χ4n) is 3.62. The van der Waals surface area contributed by atoms with Crippen LogP contribution in [-0.2, 0) is 9.84 Å². The van der Waals surface area contributed by atoms with Gasteiger partial charge in [0.05, 0.1) is 30.5 Å². The van der Waals surface area contributed by atoms with E-state index in [9.17, 15) is 13.5 Å². The van der Waals surface area contributed by atoms with E-state index in [2.05, 4.69) is 22.9 Å². The van der Waals surface area contributed by atoms with Crippen molar-refractivity contribution in [2.45, 2.75) is 30.5 Å². The number of ether oxygens (including phenoxy) is 1. The molecule has 1 aliphatic rings. The van der Waals surface area contributed by atoms with Gasteiger partial charge >= 0.3 is 0 Å². The summed E-state index contributed by atoms with van der Waals surface area (Å²) in [7, 11) is -3.32. The van der Waals surface area contributed by atoms with E-state index in [0.717, 1.165) is 24.8 Å². The van der Waals surface area contributed by atoms with Crippen LogP contribution in [0.5, 0.6) is 5.75 Å². The highest BCUT2D eigenvalue weighted by atomic mass is 32.2. The number of aromatic nitrogens is 1. The van der Waals surface area contributed by atoms with E-state index < -0.39 is 15.9 Å². The van der Waals surface area contributed by atoms with Gasteiger partial charge in [-0.2, -0.15) is 5.26 Å². The van der Waals surface area contributed by atoms with Crippen molar-refractivity contribution in [3.8, 4) is 11.8 Å². The van der Waals surface area contributed by atoms with Gasteiger partial charge in [-0.1, -0.05) is 12.1 Å². The number of β-amino-alcohol motifs (C(OH)–C–C–N with tert-alkyl or cyclic N) is 1. The molecule has 0 saturated carbocycles. The molecule has 7 nitrogen and oxygen atoms in total. The predicted molar refractivity (Wildman–Crippen MR) is 108 cm³/mol. The van der Waals surface area contributed by atoms with Gasteiger partial charge in [-0.05, 0) is 43.2 Å². The number of likely N-dealkylation sites (tertiary alicyclic amines) is 1. The molecule has 1 fully saturated rings. The van der Waals surface area contributed by atoms with Crippen LogP contribution in [0.25, 0.3) is 0 Å².